The number of carbonyl (C=O) groups is 2. The molecule has 0 fully saturated rings. The fourth-order valence-corrected chi connectivity index (χ4v) is 1.89. The third-order valence-corrected chi connectivity index (χ3v) is 3.13. The lowest BCUT2D eigenvalue weighted by atomic mass is 10.1. The van der Waals surface area contributed by atoms with Gasteiger partial charge in [0.1, 0.15) is 5.69 Å². The number of aromatic nitrogens is 1. The number of hydrogen-bond donors (Lipinski definition) is 2. The first-order chi connectivity index (χ1) is 10.5. The van der Waals surface area contributed by atoms with E-state index in [0.717, 1.165) is 5.56 Å². The van der Waals surface area contributed by atoms with Gasteiger partial charge in [-0.05, 0) is 29.8 Å². The second kappa shape index (κ2) is 6.71. The van der Waals surface area contributed by atoms with Gasteiger partial charge in [-0.1, -0.05) is 12.1 Å². The van der Waals surface area contributed by atoms with E-state index in [2.05, 4.69) is 10.6 Å². The van der Waals surface area contributed by atoms with E-state index in [9.17, 15) is 14.4 Å². The summed E-state index contributed by atoms with van der Waals surface area (Å²) < 4.78 is 1.39. The summed E-state index contributed by atoms with van der Waals surface area (Å²) in [4.78, 5) is 34.8. The van der Waals surface area contributed by atoms with E-state index >= 15 is 0 Å². The molecule has 2 aromatic rings. The zero-order valence-corrected chi connectivity index (χ0v) is 12.4. The van der Waals surface area contributed by atoms with E-state index in [1.165, 1.54) is 11.5 Å². The monoisotopic (exact) mass is 299 g/mol. The van der Waals surface area contributed by atoms with Gasteiger partial charge in [0.15, 0.2) is 0 Å². The normalized spacial score (nSPS) is 10.1. The van der Waals surface area contributed by atoms with Crippen molar-refractivity contribution in [1.82, 2.24) is 9.88 Å². The molecule has 0 spiro atoms. The Kier molecular flexibility index (Phi) is 4.73. The van der Waals surface area contributed by atoms with Gasteiger partial charge in [-0.25, -0.2) is 0 Å². The Morgan fingerprint density at radius 2 is 1.82 bits per heavy atom. The topological polar surface area (TPSA) is 80.2 Å². The summed E-state index contributed by atoms with van der Waals surface area (Å²) in [7, 11) is 1.62. The fraction of sp³-hybridized carbons (Fsp3) is 0.188. The largest absolute Gasteiger partial charge is 0.352 e. The van der Waals surface area contributed by atoms with Crippen molar-refractivity contribution >= 4 is 17.5 Å². The number of carbonyl (C=O) groups excluding carboxylic acids is 2. The summed E-state index contributed by atoms with van der Waals surface area (Å²) in [5.74, 6) is -0.462. The number of pyridine rings is 1. The minimum Gasteiger partial charge on any atom is -0.352 e. The van der Waals surface area contributed by atoms with Gasteiger partial charge in [0, 0.05) is 32.3 Å². The summed E-state index contributed by atoms with van der Waals surface area (Å²) in [6, 6.07) is 10.1. The van der Waals surface area contributed by atoms with Crippen molar-refractivity contribution in [2.75, 3.05) is 5.32 Å². The molecule has 2 rings (SSSR count). The number of amides is 2. The Hall–Kier alpha value is -2.89. The molecule has 6 heteroatoms. The summed E-state index contributed by atoms with van der Waals surface area (Å²) in [5.41, 5.74) is 1.30. The first kappa shape index (κ1) is 15.5. The van der Waals surface area contributed by atoms with Crippen molar-refractivity contribution in [1.29, 1.82) is 0 Å². The van der Waals surface area contributed by atoms with E-state index in [1.807, 2.05) is 0 Å². The average molecular weight is 299 g/mol. The van der Waals surface area contributed by atoms with Crippen LogP contribution in [-0.2, 0) is 18.4 Å². The Bertz CT molecular complexity index is 748. The zero-order chi connectivity index (χ0) is 16.1. The molecule has 0 radical (unpaired) electrons. The highest BCUT2D eigenvalue weighted by atomic mass is 16.2. The van der Waals surface area contributed by atoms with Crippen molar-refractivity contribution < 1.29 is 9.59 Å². The smallest absolute Gasteiger partial charge is 0.274 e. The molecule has 0 saturated carbocycles. The SMILES string of the molecule is CC(=O)NCc1ccc(C(=O)Nc2cccn(C)c2=O)cc1. The molecule has 0 saturated heterocycles. The van der Waals surface area contributed by atoms with E-state index in [-0.39, 0.29) is 23.1 Å². The lowest BCUT2D eigenvalue weighted by molar-refractivity contribution is -0.119. The van der Waals surface area contributed by atoms with Gasteiger partial charge < -0.3 is 15.2 Å². The minimum absolute atomic E-state index is 0.109. The van der Waals surface area contributed by atoms with Crippen LogP contribution >= 0.6 is 0 Å². The summed E-state index contributed by atoms with van der Waals surface area (Å²) >= 11 is 0. The van der Waals surface area contributed by atoms with Crippen molar-refractivity contribution in [3.8, 4) is 0 Å². The maximum Gasteiger partial charge on any atom is 0.274 e. The number of hydrogen-bond acceptors (Lipinski definition) is 3. The minimum atomic E-state index is -0.352. The van der Waals surface area contributed by atoms with Gasteiger partial charge in [-0.3, -0.25) is 14.4 Å². The fourth-order valence-electron chi connectivity index (χ4n) is 1.89. The first-order valence-electron chi connectivity index (χ1n) is 6.78. The molecule has 1 aromatic heterocycles. The van der Waals surface area contributed by atoms with Crippen LogP contribution in [0.1, 0.15) is 22.8 Å². The number of nitrogens with zero attached hydrogens (tertiary/aromatic N) is 1. The van der Waals surface area contributed by atoms with Crippen molar-refractivity contribution in [2.24, 2.45) is 7.05 Å². The van der Waals surface area contributed by atoms with Gasteiger partial charge in [-0.15, -0.1) is 0 Å². The second-order valence-corrected chi connectivity index (χ2v) is 4.90. The quantitative estimate of drug-likeness (QED) is 0.892. The number of benzene rings is 1. The third-order valence-electron chi connectivity index (χ3n) is 3.13. The van der Waals surface area contributed by atoms with Crippen LogP contribution in [0.5, 0.6) is 0 Å². The molecule has 0 aliphatic rings. The predicted molar refractivity (Wildman–Crippen MR) is 83.6 cm³/mol. The highest BCUT2D eigenvalue weighted by Crippen LogP contribution is 2.07. The van der Waals surface area contributed by atoms with E-state index in [4.69, 9.17) is 0 Å². The van der Waals surface area contributed by atoms with Crippen LogP contribution in [-0.4, -0.2) is 16.4 Å². The molecule has 2 amide bonds. The molecule has 1 aromatic carbocycles. The molecule has 114 valence electrons. The van der Waals surface area contributed by atoms with Crippen molar-refractivity contribution in [3.05, 3.63) is 64.1 Å². The van der Waals surface area contributed by atoms with Crippen molar-refractivity contribution in [2.45, 2.75) is 13.5 Å². The molecular weight excluding hydrogens is 282 g/mol. The summed E-state index contributed by atoms with van der Waals surface area (Å²) in [5, 5.41) is 5.28. The van der Waals surface area contributed by atoms with E-state index in [0.29, 0.717) is 12.1 Å². The molecular formula is C16H17N3O3. The second-order valence-electron chi connectivity index (χ2n) is 4.90. The maximum atomic E-state index is 12.1. The highest BCUT2D eigenvalue weighted by Gasteiger charge is 2.09. The number of anilines is 1. The first-order valence-corrected chi connectivity index (χ1v) is 6.78. The molecule has 0 unspecified atom stereocenters. The lowest BCUT2D eigenvalue weighted by Gasteiger charge is -2.07. The molecule has 2 N–H and O–H groups in total. The maximum absolute atomic E-state index is 12.1. The van der Waals surface area contributed by atoms with Crippen LogP contribution in [0.15, 0.2) is 47.4 Å². The summed E-state index contributed by atoms with van der Waals surface area (Å²) in [6.45, 7) is 1.86. The molecule has 6 nitrogen and oxygen atoms in total. The molecule has 0 aliphatic heterocycles. The molecule has 0 aliphatic carbocycles. The van der Waals surface area contributed by atoms with Crippen LogP contribution in [0.3, 0.4) is 0 Å². The van der Waals surface area contributed by atoms with Gasteiger partial charge in [0.2, 0.25) is 5.91 Å². The predicted octanol–water partition coefficient (Wildman–Crippen LogP) is 1.27. The number of aryl methyl sites for hydroxylation is 1. The lowest BCUT2D eigenvalue weighted by Crippen LogP contribution is -2.23. The van der Waals surface area contributed by atoms with Gasteiger partial charge in [-0.2, -0.15) is 0 Å². The highest BCUT2D eigenvalue weighted by molar-refractivity contribution is 6.04. The average Bonchev–Trinajstić information content (AvgIpc) is 2.50. The zero-order valence-electron chi connectivity index (χ0n) is 12.4. The third kappa shape index (κ3) is 3.82. The van der Waals surface area contributed by atoms with Crippen LogP contribution in [0.2, 0.25) is 0 Å². The standard InChI is InChI=1S/C16H17N3O3/c1-11(20)17-10-12-5-7-13(8-6-12)15(21)18-14-4-3-9-19(2)16(14)22/h3-9H,10H2,1-2H3,(H,17,20)(H,18,21). The Balaban J connectivity index is 2.08. The molecule has 22 heavy (non-hydrogen) atoms. The van der Waals surface area contributed by atoms with Crippen LogP contribution in [0.25, 0.3) is 0 Å². The van der Waals surface area contributed by atoms with Crippen LogP contribution < -0.4 is 16.2 Å². The van der Waals surface area contributed by atoms with Crippen LogP contribution in [0.4, 0.5) is 5.69 Å². The molecule has 0 bridgehead atoms. The number of nitrogens with one attached hydrogen (secondary N) is 2. The molecule has 0 atom stereocenters. The van der Waals surface area contributed by atoms with Gasteiger partial charge in [0.05, 0.1) is 0 Å². The number of rotatable bonds is 4. The van der Waals surface area contributed by atoms with Crippen molar-refractivity contribution in [3.63, 3.8) is 0 Å². The van der Waals surface area contributed by atoms with E-state index < -0.39 is 0 Å². The van der Waals surface area contributed by atoms with Crippen LogP contribution in [0, 0.1) is 0 Å². The van der Waals surface area contributed by atoms with Gasteiger partial charge >= 0.3 is 0 Å². The van der Waals surface area contributed by atoms with E-state index in [1.54, 1.807) is 49.6 Å². The Morgan fingerprint density at radius 1 is 1.14 bits per heavy atom. The Labute approximate surface area is 127 Å². The van der Waals surface area contributed by atoms with Gasteiger partial charge in [0.25, 0.3) is 11.5 Å². The summed E-state index contributed by atoms with van der Waals surface area (Å²) in [6.07, 6.45) is 1.62. The molecule has 1 heterocycles. The Morgan fingerprint density at radius 3 is 2.45 bits per heavy atom.